The first-order chi connectivity index (χ1) is 14.0. The molecular weight excluding hydrogens is 384 g/mol. The maximum Gasteiger partial charge on any atom is 0.226 e. The Labute approximate surface area is 173 Å². The molecule has 0 bridgehead atoms. The van der Waals surface area contributed by atoms with Gasteiger partial charge in [0.05, 0.1) is 5.75 Å². The zero-order valence-corrected chi connectivity index (χ0v) is 17.4. The van der Waals surface area contributed by atoms with Crippen molar-refractivity contribution in [1.82, 2.24) is 9.21 Å². The second kappa shape index (κ2) is 9.85. The molecule has 0 aromatic heterocycles. The van der Waals surface area contributed by atoms with Crippen LogP contribution in [-0.4, -0.2) is 43.2 Å². The fraction of sp³-hybridized carbons (Fsp3) is 0.348. The molecule has 3 rings (SSSR count). The molecule has 1 heterocycles. The molecule has 5 nitrogen and oxygen atoms in total. The first kappa shape index (κ1) is 21.3. The quantitative estimate of drug-likeness (QED) is 0.624. The lowest BCUT2D eigenvalue weighted by Crippen LogP contribution is -2.44. The molecule has 2 aromatic carbocycles. The topological polar surface area (TPSA) is 57.7 Å². The smallest absolute Gasteiger partial charge is 0.226 e. The predicted molar refractivity (Wildman–Crippen MR) is 115 cm³/mol. The average molecular weight is 413 g/mol. The number of hydrogen-bond donors (Lipinski definition) is 0. The SMILES string of the molecule is C=CCN(Cc1ccccc1)C(=O)C1CCN(S(=O)(=O)Cc2ccccc2)CC1. The summed E-state index contributed by atoms with van der Waals surface area (Å²) in [6.07, 6.45) is 2.84. The van der Waals surface area contributed by atoms with E-state index in [4.69, 9.17) is 0 Å². The number of benzene rings is 2. The summed E-state index contributed by atoms with van der Waals surface area (Å²) < 4.78 is 27.0. The normalized spacial score (nSPS) is 15.7. The summed E-state index contributed by atoms with van der Waals surface area (Å²) in [5.41, 5.74) is 1.86. The zero-order chi connectivity index (χ0) is 20.7. The number of amides is 1. The first-order valence-corrected chi connectivity index (χ1v) is 11.6. The Bertz CT molecular complexity index is 906. The van der Waals surface area contributed by atoms with Crippen LogP contribution in [-0.2, 0) is 27.1 Å². The molecule has 1 amide bonds. The third-order valence-corrected chi connectivity index (χ3v) is 7.12. The van der Waals surface area contributed by atoms with E-state index in [1.54, 1.807) is 11.0 Å². The molecule has 1 saturated heterocycles. The molecule has 0 spiro atoms. The number of nitrogens with zero attached hydrogens (tertiary/aromatic N) is 2. The fourth-order valence-corrected chi connectivity index (χ4v) is 5.27. The van der Waals surface area contributed by atoms with E-state index in [1.807, 2.05) is 60.7 Å². The van der Waals surface area contributed by atoms with Crippen LogP contribution in [0.5, 0.6) is 0 Å². The first-order valence-electron chi connectivity index (χ1n) is 9.95. The minimum Gasteiger partial charge on any atom is -0.334 e. The van der Waals surface area contributed by atoms with Crippen LogP contribution in [0.15, 0.2) is 73.3 Å². The van der Waals surface area contributed by atoms with Crippen LogP contribution in [0, 0.1) is 5.92 Å². The van der Waals surface area contributed by atoms with Gasteiger partial charge in [-0.3, -0.25) is 4.79 Å². The highest BCUT2D eigenvalue weighted by atomic mass is 32.2. The number of rotatable bonds is 8. The van der Waals surface area contributed by atoms with Crippen molar-refractivity contribution in [1.29, 1.82) is 0 Å². The van der Waals surface area contributed by atoms with E-state index in [0.717, 1.165) is 11.1 Å². The van der Waals surface area contributed by atoms with Crippen LogP contribution in [0.2, 0.25) is 0 Å². The Morgan fingerprint density at radius 2 is 1.55 bits per heavy atom. The van der Waals surface area contributed by atoms with Gasteiger partial charge < -0.3 is 4.90 Å². The van der Waals surface area contributed by atoms with Gasteiger partial charge in [-0.1, -0.05) is 66.7 Å². The Balaban J connectivity index is 1.59. The summed E-state index contributed by atoms with van der Waals surface area (Å²) in [4.78, 5) is 14.9. The molecule has 1 aliphatic rings. The lowest BCUT2D eigenvalue weighted by Gasteiger charge is -2.33. The Hall–Kier alpha value is -2.44. The molecule has 0 atom stereocenters. The van der Waals surface area contributed by atoms with Crippen LogP contribution in [0.1, 0.15) is 24.0 Å². The van der Waals surface area contributed by atoms with Gasteiger partial charge in [-0.05, 0) is 24.0 Å². The van der Waals surface area contributed by atoms with Crippen LogP contribution in [0.25, 0.3) is 0 Å². The van der Waals surface area contributed by atoms with E-state index in [1.165, 1.54) is 4.31 Å². The van der Waals surface area contributed by atoms with E-state index < -0.39 is 10.0 Å². The lowest BCUT2D eigenvalue weighted by molar-refractivity contribution is -0.136. The van der Waals surface area contributed by atoms with Gasteiger partial charge in [-0.25, -0.2) is 12.7 Å². The van der Waals surface area contributed by atoms with Crippen molar-refractivity contribution in [3.8, 4) is 0 Å². The van der Waals surface area contributed by atoms with Gasteiger partial charge in [0.1, 0.15) is 0 Å². The summed E-state index contributed by atoms with van der Waals surface area (Å²) in [6.45, 7) is 5.57. The van der Waals surface area contributed by atoms with Gasteiger partial charge in [0.2, 0.25) is 15.9 Å². The highest BCUT2D eigenvalue weighted by molar-refractivity contribution is 7.88. The summed E-state index contributed by atoms with van der Waals surface area (Å²) in [5, 5.41) is 0. The number of hydrogen-bond acceptors (Lipinski definition) is 3. The van der Waals surface area contributed by atoms with Gasteiger partial charge >= 0.3 is 0 Å². The monoisotopic (exact) mass is 412 g/mol. The van der Waals surface area contributed by atoms with E-state index in [-0.39, 0.29) is 17.6 Å². The number of carbonyl (C=O) groups is 1. The summed E-state index contributed by atoms with van der Waals surface area (Å²) in [5.74, 6) is -0.0704. The molecule has 1 aliphatic heterocycles. The summed E-state index contributed by atoms with van der Waals surface area (Å²) in [6, 6.07) is 19.1. The second-order valence-electron chi connectivity index (χ2n) is 7.41. The molecular formula is C23H28N2O3S. The van der Waals surface area contributed by atoms with Crippen molar-refractivity contribution in [2.45, 2.75) is 25.1 Å². The van der Waals surface area contributed by atoms with Crippen molar-refractivity contribution in [3.05, 3.63) is 84.4 Å². The van der Waals surface area contributed by atoms with E-state index in [2.05, 4.69) is 6.58 Å². The maximum atomic E-state index is 13.1. The molecule has 0 unspecified atom stereocenters. The van der Waals surface area contributed by atoms with Gasteiger partial charge in [-0.2, -0.15) is 0 Å². The van der Waals surface area contributed by atoms with E-state index in [9.17, 15) is 13.2 Å². The van der Waals surface area contributed by atoms with Gasteiger partial charge in [-0.15, -0.1) is 6.58 Å². The molecule has 2 aromatic rings. The zero-order valence-electron chi connectivity index (χ0n) is 16.6. The predicted octanol–water partition coefficient (Wildman–Crippen LogP) is 3.44. The molecule has 0 N–H and O–H groups in total. The largest absolute Gasteiger partial charge is 0.334 e. The van der Waals surface area contributed by atoms with Crippen LogP contribution in [0.4, 0.5) is 0 Å². The van der Waals surface area contributed by atoms with Gasteiger partial charge in [0.15, 0.2) is 0 Å². The molecule has 1 fully saturated rings. The molecule has 0 radical (unpaired) electrons. The van der Waals surface area contributed by atoms with Crippen molar-refractivity contribution in [3.63, 3.8) is 0 Å². The van der Waals surface area contributed by atoms with Crippen molar-refractivity contribution in [2.75, 3.05) is 19.6 Å². The van der Waals surface area contributed by atoms with Crippen molar-refractivity contribution >= 4 is 15.9 Å². The number of piperidine rings is 1. The van der Waals surface area contributed by atoms with E-state index >= 15 is 0 Å². The average Bonchev–Trinajstić information content (AvgIpc) is 2.74. The molecule has 0 aliphatic carbocycles. The third kappa shape index (κ3) is 5.78. The second-order valence-corrected chi connectivity index (χ2v) is 9.38. The standard InChI is InChI=1S/C23H28N2O3S/c1-2-15-24(18-20-9-5-3-6-10-20)23(26)22-13-16-25(17-14-22)29(27,28)19-21-11-7-4-8-12-21/h2-12,22H,1,13-19H2. The highest BCUT2D eigenvalue weighted by Gasteiger charge is 2.32. The van der Waals surface area contributed by atoms with Crippen molar-refractivity contribution < 1.29 is 13.2 Å². The maximum absolute atomic E-state index is 13.1. The van der Waals surface area contributed by atoms with Crippen LogP contribution < -0.4 is 0 Å². The summed E-state index contributed by atoms with van der Waals surface area (Å²) >= 11 is 0. The fourth-order valence-electron chi connectivity index (χ4n) is 3.71. The summed E-state index contributed by atoms with van der Waals surface area (Å²) in [7, 11) is -3.37. The lowest BCUT2D eigenvalue weighted by atomic mass is 9.96. The molecule has 6 heteroatoms. The van der Waals surface area contributed by atoms with Gasteiger partial charge in [0.25, 0.3) is 0 Å². The molecule has 29 heavy (non-hydrogen) atoms. The Morgan fingerprint density at radius 3 is 2.10 bits per heavy atom. The van der Waals surface area contributed by atoms with Crippen LogP contribution >= 0.6 is 0 Å². The van der Waals surface area contributed by atoms with Crippen molar-refractivity contribution in [2.24, 2.45) is 5.92 Å². The third-order valence-electron chi connectivity index (χ3n) is 5.27. The Morgan fingerprint density at radius 1 is 1.00 bits per heavy atom. The number of sulfonamides is 1. The molecule has 0 saturated carbocycles. The molecule has 154 valence electrons. The van der Waals surface area contributed by atoms with Gasteiger partial charge in [0, 0.05) is 32.1 Å². The highest BCUT2D eigenvalue weighted by Crippen LogP contribution is 2.24. The number of carbonyl (C=O) groups excluding carboxylic acids is 1. The minimum absolute atomic E-state index is 0.00303. The minimum atomic E-state index is -3.37. The Kier molecular flexibility index (Phi) is 7.23. The van der Waals surface area contributed by atoms with E-state index in [0.29, 0.717) is 39.0 Å². The van der Waals surface area contributed by atoms with Crippen LogP contribution in [0.3, 0.4) is 0 Å².